The molecule has 21 heavy (non-hydrogen) atoms. The molecule has 108 valence electrons. The number of rotatable bonds is 4. The van der Waals surface area contributed by atoms with Crippen LogP contribution < -0.4 is 10.6 Å². The molecule has 2 amide bonds. The molecule has 0 unspecified atom stereocenters. The van der Waals surface area contributed by atoms with Crippen LogP contribution in [-0.2, 0) is 16.1 Å². The van der Waals surface area contributed by atoms with Crippen molar-refractivity contribution in [1.82, 2.24) is 31.3 Å². The third-order valence-corrected chi connectivity index (χ3v) is 3.31. The van der Waals surface area contributed by atoms with E-state index >= 15 is 0 Å². The van der Waals surface area contributed by atoms with E-state index in [9.17, 15) is 9.59 Å². The Bertz CT molecular complexity index is 654. The molecule has 0 spiro atoms. The van der Waals surface area contributed by atoms with E-state index in [0.717, 1.165) is 11.1 Å². The number of benzene rings is 1. The first-order valence-corrected chi connectivity index (χ1v) is 6.62. The largest absolute Gasteiger partial charge is 0.350 e. The van der Waals surface area contributed by atoms with Crippen molar-refractivity contribution < 1.29 is 9.59 Å². The van der Waals surface area contributed by atoms with Gasteiger partial charge in [0.1, 0.15) is 6.04 Å². The first-order chi connectivity index (χ1) is 10.2. The van der Waals surface area contributed by atoms with Gasteiger partial charge in [0.05, 0.1) is 0 Å². The summed E-state index contributed by atoms with van der Waals surface area (Å²) in [6.45, 7) is 0.386. The molecule has 8 heteroatoms. The van der Waals surface area contributed by atoms with Crippen molar-refractivity contribution >= 4 is 11.8 Å². The monoisotopic (exact) mass is 286 g/mol. The molecule has 1 aliphatic heterocycles. The summed E-state index contributed by atoms with van der Waals surface area (Å²) < 4.78 is 0. The Morgan fingerprint density at radius 3 is 3.05 bits per heavy atom. The minimum Gasteiger partial charge on any atom is -0.350 e. The second-order valence-corrected chi connectivity index (χ2v) is 4.81. The first-order valence-electron chi connectivity index (χ1n) is 6.62. The smallest absolute Gasteiger partial charge is 0.242 e. The van der Waals surface area contributed by atoms with Crippen molar-refractivity contribution in [3.8, 4) is 11.4 Å². The molecule has 2 heterocycles. The molecule has 8 nitrogen and oxygen atoms in total. The molecule has 0 saturated carbocycles. The van der Waals surface area contributed by atoms with Crippen molar-refractivity contribution in [2.75, 3.05) is 0 Å². The zero-order valence-corrected chi connectivity index (χ0v) is 11.2. The van der Waals surface area contributed by atoms with E-state index in [4.69, 9.17) is 0 Å². The summed E-state index contributed by atoms with van der Waals surface area (Å²) in [7, 11) is 0. The number of carbonyl (C=O) groups is 2. The lowest BCUT2D eigenvalue weighted by Gasteiger charge is -2.11. The van der Waals surface area contributed by atoms with Gasteiger partial charge >= 0.3 is 0 Å². The van der Waals surface area contributed by atoms with E-state index < -0.39 is 6.04 Å². The Morgan fingerprint density at radius 1 is 1.43 bits per heavy atom. The number of tetrazole rings is 1. The Labute approximate surface area is 120 Å². The Kier molecular flexibility index (Phi) is 3.59. The van der Waals surface area contributed by atoms with Crippen LogP contribution in [0.1, 0.15) is 18.4 Å². The molecule has 0 aliphatic carbocycles. The summed E-state index contributed by atoms with van der Waals surface area (Å²) in [6, 6.07) is 7.10. The van der Waals surface area contributed by atoms with E-state index in [1.54, 1.807) is 0 Å². The van der Waals surface area contributed by atoms with Crippen LogP contribution in [0.2, 0.25) is 0 Å². The van der Waals surface area contributed by atoms with Gasteiger partial charge in [0.25, 0.3) is 0 Å². The maximum atomic E-state index is 11.9. The summed E-state index contributed by atoms with van der Waals surface area (Å²) >= 11 is 0. The van der Waals surface area contributed by atoms with Crippen LogP contribution in [0.3, 0.4) is 0 Å². The Morgan fingerprint density at radius 2 is 2.33 bits per heavy atom. The van der Waals surface area contributed by atoms with Gasteiger partial charge in [0.15, 0.2) is 0 Å². The quantitative estimate of drug-likeness (QED) is 0.718. The van der Waals surface area contributed by atoms with Crippen LogP contribution in [0.25, 0.3) is 11.4 Å². The normalized spacial score (nSPS) is 17.5. The molecule has 1 atom stereocenters. The van der Waals surface area contributed by atoms with Gasteiger partial charge in [0, 0.05) is 18.5 Å². The molecule has 0 radical (unpaired) electrons. The molecule has 1 aliphatic rings. The van der Waals surface area contributed by atoms with Gasteiger partial charge in [-0.05, 0) is 23.3 Å². The molecular weight excluding hydrogens is 272 g/mol. The zero-order chi connectivity index (χ0) is 14.7. The highest BCUT2D eigenvalue weighted by molar-refractivity contribution is 5.90. The average molecular weight is 286 g/mol. The van der Waals surface area contributed by atoms with Gasteiger partial charge in [0.2, 0.25) is 17.6 Å². The second-order valence-electron chi connectivity index (χ2n) is 4.81. The van der Waals surface area contributed by atoms with Crippen molar-refractivity contribution in [3.05, 3.63) is 29.8 Å². The topological polar surface area (TPSA) is 113 Å². The summed E-state index contributed by atoms with van der Waals surface area (Å²) in [6.07, 6.45) is 0.957. The third kappa shape index (κ3) is 3.04. The van der Waals surface area contributed by atoms with Crippen molar-refractivity contribution in [2.45, 2.75) is 25.4 Å². The number of aromatic amines is 1. The number of amides is 2. The molecule has 3 N–H and O–H groups in total. The summed E-state index contributed by atoms with van der Waals surface area (Å²) in [5.41, 5.74) is 1.75. The number of hydrogen-bond acceptors (Lipinski definition) is 5. The minimum atomic E-state index is -0.419. The lowest BCUT2D eigenvalue weighted by atomic mass is 10.1. The lowest BCUT2D eigenvalue weighted by Crippen LogP contribution is -2.41. The standard InChI is InChI=1S/C13H14N6O2/c20-11-5-4-10(15-11)13(21)14-7-8-2-1-3-9(6-8)12-16-18-19-17-12/h1-3,6,10H,4-5,7H2,(H,14,21)(H,15,20)(H,16,17,18,19)/t10-/m0/s1. The van der Waals surface area contributed by atoms with Gasteiger partial charge < -0.3 is 10.6 Å². The van der Waals surface area contributed by atoms with Crippen LogP contribution >= 0.6 is 0 Å². The van der Waals surface area contributed by atoms with Crippen molar-refractivity contribution in [1.29, 1.82) is 0 Å². The number of H-pyrrole nitrogens is 1. The average Bonchev–Trinajstić information content (AvgIpc) is 3.16. The number of nitrogens with one attached hydrogen (secondary N) is 3. The second kappa shape index (κ2) is 5.70. The molecule has 1 fully saturated rings. The molecular formula is C13H14N6O2. The fourth-order valence-corrected chi connectivity index (χ4v) is 2.23. The first kappa shape index (κ1) is 13.2. The highest BCUT2D eigenvalue weighted by Gasteiger charge is 2.26. The predicted molar refractivity (Wildman–Crippen MR) is 72.6 cm³/mol. The fourth-order valence-electron chi connectivity index (χ4n) is 2.23. The molecule has 3 rings (SSSR count). The Hall–Kier alpha value is -2.77. The van der Waals surface area contributed by atoms with Crippen molar-refractivity contribution in [3.63, 3.8) is 0 Å². The lowest BCUT2D eigenvalue weighted by molar-refractivity contribution is -0.125. The van der Waals surface area contributed by atoms with Gasteiger partial charge in [-0.1, -0.05) is 18.2 Å². The van der Waals surface area contributed by atoms with Crippen LogP contribution in [0.15, 0.2) is 24.3 Å². The van der Waals surface area contributed by atoms with E-state index in [1.807, 2.05) is 24.3 Å². The number of hydrogen-bond donors (Lipinski definition) is 3. The van der Waals surface area contributed by atoms with E-state index in [0.29, 0.717) is 25.2 Å². The Balaban J connectivity index is 1.62. The molecule has 0 bridgehead atoms. The molecule has 1 saturated heterocycles. The van der Waals surface area contributed by atoms with E-state index in [1.165, 1.54) is 0 Å². The summed E-state index contributed by atoms with van der Waals surface area (Å²) in [5.74, 6) is 0.270. The van der Waals surface area contributed by atoms with Gasteiger partial charge in [-0.2, -0.15) is 5.21 Å². The number of carbonyl (C=O) groups excluding carboxylic acids is 2. The summed E-state index contributed by atoms with van der Waals surface area (Å²) in [4.78, 5) is 23.0. The van der Waals surface area contributed by atoms with E-state index in [-0.39, 0.29) is 11.8 Å². The van der Waals surface area contributed by atoms with Crippen LogP contribution in [0, 0.1) is 0 Å². The van der Waals surface area contributed by atoms with Crippen molar-refractivity contribution in [2.24, 2.45) is 0 Å². The van der Waals surface area contributed by atoms with Crippen LogP contribution in [-0.4, -0.2) is 38.5 Å². The molecule has 2 aromatic rings. The molecule has 1 aromatic carbocycles. The van der Waals surface area contributed by atoms with Gasteiger partial charge in [-0.15, -0.1) is 10.2 Å². The zero-order valence-electron chi connectivity index (χ0n) is 11.2. The van der Waals surface area contributed by atoms with Gasteiger partial charge in [-0.3, -0.25) is 9.59 Å². The van der Waals surface area contributed by atoms with Crippen LogP contribution in [0.5, 0.6) is 0 Å². The predicted octanol–water partition coefficient (Wildman–Crippen LogP) is -0.239. The van der Waals surface area contributed by atoms with Crippen LogP contribution in [0.4, 0.5) is 0 Å². The minimum absolute atomic E-state index is 0.0748. The van der Waals surface area contributed by atoms with Gasteiger partial charge in [-0.25, -0.2) is 0 Å². The highest BCUT2D eigenvalue weighted by atomic mass is 16.2. The number of aromatic nitrogens is 4. The summed E-state index contributed by atoms with van der Waals surface area (Å²) in [5, 5.41) is 19.2. The molecule has 1 aromatic heterocycles. The number of nitrogens with zero attached hydrogens (tertiary/aromatic N) is 3. The fraction of sp³-hybridized carbons (Fsp3) is 0.308. The van der Waals surface area contributed by atoms with E-state index in [2.05, 4.69) is 31.3 Å². The highest BCUT2D eigenvalue weighted by Crippen LogP contribution is 2.15. The third-order valence-electron chi connectivity index (χ3n) is 3.31. The maximum Gasteiger partial charge on any atom is 0.242 e. The SMILES string of the molecule is O=C1CC[C@@H](C(=O)NCc2cccc(-c3nn[nH]n3)c2)N1. The maximum absolute atomic E-state index is 11.9.